The van der Waals surface area contributed by atoms with E-state index < -0.39 is 0 Å². The number of carbonyl (C=O) groups excluding carboxylic acids is 1. The molecule has 4 heteroatoms. The van der Waals surface area contributed by atoms with Gasteiger partial charge in [-0.25, -0.2) is 4.39 Å². The summed E-state index contributed by atoms with van der Waals surface area (Å²) in [5.74, 6) is 0.580. The highest BCUT2D eigenvalue weighted by molar-refractivity contribution is 5.83. The SMILES string of the molecule is O=C(C1CC1c1ccccc1)N1CCN(c2ccccc2F)CC1. The first-order valence-corrected chi connectivity index (χ1v) is 8.57. The van der Waals surface area contributed by atoms with Crippen LogP contribution in [0.15, 0.2) is 54.6 Å². The number of piperazine rings is 1. The van der Waals surface area contributed by atoms with Gasteiger partial charge in [-0.15, -0.1) is 0 Å². The van der Waals surface area contributed by atoms with Crippen molar-refractivity contribution in [2.45, 2.75) is 12.3 Å². The Morgan fingerprint density at radius 3 is 2.29 bits per heavy atom. The van der Waals surface area contributed by atoms with Gasteiger partial charge in [-0.3, -0.25) is 4.79 Å². The third-order valence-corrected chi connectivity index (χ3v) is 5.12. The lowest BCUT2D eigenvalue weighted by atomic mass is 10.1. The molecule has 0 N–H and O–H groups in total. The zero-order valence-corrected chi connectivity index (χ0v) is 13.6. The van der Waals surface area contributed by atoms with Crippen LogP contribution in [0.2, 0.25) is 0 Å². The van der Waals surface area contributed by atoms with E-state index in [9.17, 15) is 9.18 Å². The molecule has 4 rings (SSSR count). The fraction of sp³-hybridized carbons (Fsp3) is 0.350. The van der Waals surface area contributed by atoms with E-state index in [0.29, 0.717) is 37.8 Å². The van der Waals surface area contributed by atoms with E-state index in [2.05, 4.69) is 12.1 Å². The van der Waals surface area contributed by atoms with Crippen molar-refractivity contribution in [3.05, 3.63) is 66.0 Å². The quantitative estimate of drug-likeness (QED) is 0.865. The topological polar surface area (TPSA) is 23.6 Å². The van der Waals surface area contributed by atoms with Gasteiger partial charge < -0.3 is 9.80 Å². The first kappa shape index (κ1) is 15.2. The predicted octanol–water partition coefficient (Wildman–Crippen LogP) is 3.28. The summed E-state index contributed by atoms with van der Waals surface area (Å²) in [5.41, 5.74) is 1.90. The normalized spacial score (nSPS) is 23.2. The van der Waals surface area contributed by atoms with E-state index in [-0.39, 0.29) is 17.6 Å². The average Bonchev–Trinajstić information content (AvgIpc) is 3.43. The van der Waals surface area contributed by atoms with Crippen LogP contribution in [0.4, 0.5) is 10.1 Å². The molecule has 124 valence electrons. The van der Waals surface area contributed by atoms with Crippen LogP contribution in [0.1, 0.15) is 17.9 Å². The summed E-state index contributed by atoms with van der Waals surface area (Å²) in [7, 11) is 0. The lowest BCUT2D eigenvalue weighted by molar-refractivity contribution is -0.132. The third kappa shape index (κ3) is 2.88. The van der Waals surface area contributed by atoms with Gasteiger partial charge >= 0.3 is 0 Å². The smallest absolute Gasteiger partial charge is 0.226 e. The van der Waals surface area contributed by atoms with Crippen LogP contribution in [-0.2, 0) is 4.79 Å². The molecule has 1 saturated carbocycles. The molecule has 24 heavy (non-hydrogen) atoms. The Balaban J connectivity index is 1.35. The molecule has 2 aliphatic rings. The maximum atomic E-state index is 13.9. The van der Waals surface area contributed by atoms with E-state index in [1.54, 1.807) is 12.1 Å². The predicted molar refractivity (Wildman–Crippen MR) is 92.5 cm³/mol. The number of benzene rings is 2. The fourth-order valence-corrected chi connectivity index (χ4v) is 3.65. The molecule has 0 radical (unpaired) electrons. The van der Waals surface area contributed by atoms with Crippen molar-refractivity contribution in [2.24, 2.45) is 5.92 Å². The molecular weight excluding hydrogens is 303 g/mol. The maximum Gasteiger partial charge on any atom is 0.226 e. The van der Waals surface area contributed by atoms with Crippen molar-refractivity contribution in [3.63, 3.8) is 0 Å². The summed E-state index contributed by atoms with van der Waals surface area (Å²) in [6.07, 6.45) is 0.955. The zero-order valence-electron chi connectivity index (χ0n) is 13.6. The molecule has 2 atom stereocenters. The van der Waals surface area contributed by atoms with Crippen LogP contribution in [0.5, 0.6) is 0 Å². The summed E-state index contributed by atoms with van der Waals surface area (Å²) in [6, 6.07) is 17.1. The molecule has 1 aliphatic heterocycles. The second-order valence-electron chi connectivity index (χ2n) is 6.62. The molecule has 1 aliphatic carbocycles. The van der Waals surface area contributed by atoms with Crippen LogP contribution >= 0.6 is 0 Å². The maximum absolute atomic E-state index is 13.9. The van der Waals surface area contributed by atoms with Crippen LogP contribution in [0.25, 0.3) is 0 Å². The minimum Gasteiger partial charge on any atom is -0.366 e. The van der Waals surface area contributed by atoms with Crippen molar-refractivity contribution in [1.82, 2.24) is 4.90 Å². The number of halogens is 1. The van der Waals surface area contributed by atoms with E-state index >= 15 is 0 Å². The lowest BCUT2D eigenvalue weighted by Crippen LogP contribution is -2.49. The molecule has 2 fully saturated rings. The Morgan fingerprint density at radius 1 is 0.917 bits per heavy atom. The Labute approximate surface area is 141 Å². The zero-order chi connectivity index (χ0) is 16.5. The van der Waals surface area contributed by atoms with Gasteiger partial charge in [-0.2, -0.15) is 0 Å². The molecule has 1 heterocycles. The molecule has 1 amide bonds. The Morgan fingerprint density at radius 2 is 1.58 bits per heavy atom. The van der Waals surface area contributed by atoms with E-state index in [0.717, 1.165) is 6.42 Å². The highest BCUT2D eigenvalue weighted by Crippen LogP contribution is 2.48. The molecule has 1 saturated heterocycles. The standard InChI is InChI=1S/C20H21FN2O/c21-18-8-4-5-9-19(18)22-10-12-23(13-11-22)20(24)17-14-16(17)15-6-2-1-3-7-15/h1-9,16-17H,10-14H2. The summed E-state index contributed by atoms with van der Waals surface area (Å²) in [4.78, 5) is 16.7. The van der Waals surface area contributed by atoms with E-state index in [1.807, 2.05) is 34.1 Å². The number of amides is 1. The second-order valence-corrected chi connectivity index (χ2v) is 6.62. The van der Waals surface area contributed by atoms with Gasteiger partial charge in [0.05, 0.1) is 5.69 Å². The van der Waals surface area contributed by atoms with Crippen molar-refractivity contribution in [1.29, 1.82) is 0 Å². The minimum absolute atomic E-state index is 0.132. The monoisotopic (exact) mass is 324 g/mol. The van der Waals surface area contributed by atoms with Gasteiger partial charge in [-0.1, -0.05) is 42.5 Å². The number of rotatable bonds is 3. The van der Waals surface area contributed by atoms with Gasteiger partial charge in [0.2, 0.25) is 5.91 Å². The van der Waals surface area contributed by atoms with Gasteiger partial charge in [-0.05, 0) is 30.0 Å². The lowest BCUT2D eigenvalue weighted by Gasteiger charge is -2.36. The highest BCUT2D eigenvalue weighted by atomic mass is 19.1. The minimum atomic E-state index is -0.191. The summed E-state index contributed by atoms with van der Waals surface area (Å²) >= 11 is 0. The summed E-state index contributed by atoms with van der Waals surface area (Å²) in [5, 5.41) is 0. The molecular formula is C20H21FN2O. The van der Waals surface area contributed by atoms with E-state index in [1.165, 1.54) is 11.6 Å². The number of carbonyl (C=O) groups is 1. The van der Waals surface area contributed by atoms with Crippen molar-refractivity contribution >= 4 is 11.6 Å². The van der Waals surface area contributed by atoms with Gasteiger partial charge in [0.1, 0.15) is 5.82 Å². The van der Waals surface area contributed by atoms with Crippen LogP contribution < -0.4 is 4.90 Å². The number of anilines is 1. The summed E-state index contributed by atoms with van der Waals surface area (Å²) in [6.45, 7) is 2.72. The molecule has 0 spiro atoms. The molecule has 2 aromatic rings. The first-order valence-electron chi connectivity index (χ1n) is 8.57. The first-order chi connectivity index (χ1) is 11.7. The molecule has 2 unspecified atom stereocenters. The largest absolute Gasteiger partial charge is 0.366 e. The van der Waals surface area contributed by atoms with Gasteiger partial charge in [0.25, 0.3) is 0 Å². The summed E-state index contributed by atoms with van der Waals surface area (Å²) < 4.78 is 13.9. The van der Waals surface area contributed by atoms with Crippen LogP contribution in [0.3, 0.4) is 0 Å². The Kier molecular flexibility index (Phi) is 3.97. The van der Waals surface area contributed by atoms with Crippen molar-refractivity contribution in [2.75, 3.05) is 31.1 Å². The van der Waals surface area contributed by atoms with Crippen LogP contribution in [0, 0.1) is 11.7 Å². The second kappa shape index (κ2) is 6.27. The molecule has 3 nitrogen and oxygen atoms in total. The molecule has 2 aromatic carbocycles. The Hall–Kier alpha value is -2.36. The number of hydrogen-bond donors (Lipinski definition) is 0. The van der Waals surface area contributed by atoms with Crippen molar-refractivity contribution in [3.8, 4) is 0 Å². The molecule has 0 aromatic heterocycles. The van der Waals surface area contributed by atoms with Crippen LogP contribution in [-0.4, -0.2) is 37.0 Å². The number of hydrogen-bond acceptors (Lipinski definition) is 2. The van der Waals surface area contributed by atoms with Gasteiger partial charge in [0.15, 0.2) is 0 Å². The third-order valence-electron chi connectivity index (χ3n) is 5.12. The highest BCUT2D eigenvalue weighted by Gasteiger charge is 2.46. The fourth-order valence-electron chi connectivity index (χ4n) is 3.65. The van der Waals surface area contributed by atoms with E-state index in [4.69, 9.17) is 0 Å². The van der Waals surface area contributed by atoms with Gasteiger partial charge in [0, 0.05) is 32.1 Å². The van der Waals surface area contributed by atoms with Crippen molar-refractivity contribution < 1.29 is 9.18 Å². The molecule has 0 bridgehead atoms. The number of nitrogens with zero attached hydrogens (tertiary/aromatic N) is 2. The average molecular weight is 324 g/mol. The Bertz CT molecular complexity index is 725. The number of para-hydroxylation sites is 1.